The molecule has 0 bridgehead atoms. The van der Waals surface area contributed by atoms with Crippen molar-refractivity contribution >= 4 is 5.78 Å². The SMILES string of the molecule is CCCCC/C=C\C/C=C\CC/C=C\CCCC(C)=O. The smallest absolute Gasteiger partial charge is 0.129 e. The Balaban J connectivity index is 3.30. The van der Waals surface area contributed by atoms with E-state index < -0.39 is 0 Å². The van der Waals surface area contributed by atoms with Crippen molar-refractivity contribution in [1.29, 1.82) is 0 Å². The number of carbonyl (C=O) groups is 1. The van der Waals surface area contributed by atoms with Gasteiger partial charge in [0.05, 0.1) is 0 Å². The second kappa shape index (κ2) is 15.9. The fraction of sp³-hybridized carbons (Fsp3) is 0.632. The summed E-state index contributed by atoms with van der Waals surface area (Å²) >= 11 is 0. The second-order valence-corrected chi connectivity index (χ2v) is 5.32. The van der Waals surface area contributed by atoms with Crippen LogP contribution in [0, 0.1) is 0 Å². The standard InChI is InChI=1S/C19H32O/c1-3-4-5-6-7-8-9-10-11-12-13-14-15-16-17-18-19(2)20/h7-8,10-11,14-15H,3-6,9,12-13,16-18H2,1-2H3/b8-7-,11-10-,15-14-. The van der Waals surface area contributed by atoms with Gasteiger partial charge in [0.25, 0.3) is 0 Å². The molecule has 0 aromatic heterocycles. The summed E-state index contributed by atoms with van der Waals surface area (Å²) in [6, 6.07) is 0. The highest BCUT2D eigenvalue weighted by Crippen LogP contribution is 2.02. The minimum atomic E-state index is 0.295. The van der Waals surface area contributed by atoms with E-state index in [-0.39, 0.29) is 0 Å². The lowest BCUT2D eigenvalue weighted by molar-refractivity contribution is -0.117. The maximum absolute atomic E-state index is 10.7. The summed E-state index contributed by atoms with van der Waals surface area (Å²) in [5.41, 5.74) is 0. The highest BCUT2D eigenvalue weighted by molar-refractivity contribution is 5.75. The van der Waals surface area contributed by atoms with Crippen LogP contribution in [0.1, 0.15) is 78.1 Å². The van der Waals surface area contributed by atoms with Gasteiger partial charge in [-0.1, -0.05) is 56.2 Å². The summed E-state index contributed by atoms with van der Waals surface area (Å²) in [5.74, 6) is 0.295. The van der Waals surface area contributed by atoms with Crippen molar-refractivity contribution in [2.24, 2.45) is 0 Å². The summed E-state index contributed by atoms with van der Waals surface area (Å²) in [5, 5.41) is 0. The van der Waals surface area contributed by atoms with E-state index in [2.05, 4.69) is 43.4 Å². The van der Waals surface area contributed by atoms with E-state index in [9.17, 15) is 4.79 Å². The Hall–Kier alpha value is -1.11. The van der Waals surface area contributed by atoms with E-state index in [1.165, 1.54) is 25.7 Å². The number of hydrogen-bond acceptors (Lipinski definition) is 1. The predicted molar refractivity (Wildman–Crippen MR) is 89.9 cm³/mol. The molecule has 0 unspecified atom stereocenters. The molecule has 114 valence electrons. The average Bonchev–Trinajstić information content (AvgIpc) is 2.43. The number of carbonyl (C=O) groups excluding carboxylic acids is 1. The van der Waals surface area contributed by atoms with Crippen LogP contribution in [0.15, 0.2) is 36.5 Å². The van der Waals surface area contributed by atoms with Crippen LogP contribution in [0.2, 0.25) is 0 Å². The first-order valence-corrected chi connectivity index (χ1v) is 8.21. The van der Waals surface area contributed by atoms with E-state index in [4.69, 9.17) is 0 Å². The van der Waals surface area contributed by atoms with Crippen molar-refractivity contribution in [3.63, 3.8) is 0 Å². The minimum Gasteiger partial charge on any atom is -0.300 e. The minimum absolute atomic E-state index is 0.295. The highest BCUT2D eigenvalue weighted by atomic mass is 16.1. The van der Waals surface area contributed by atoms with E-state index >= 15 is 0 Å². The molecule has 0 radical (unpaired) electrons. The zero-order valence-corrected chi connectivity index (χ0v) is 13.4. The molecule has 0 fully saturated rings. The molecule has 0 saturated heterocycles. The number of rotatable bonds is 13. The molecule has 1 nitrogen and oxygen atoms in total. The Morgan fingerprint density at radius 1 is 0.750 bits per heavy atom. The molecule has 1 heteroatoms. The maximum Gasteiger partial charge on any atom is 0.129 e. The third kappa shape index (κ3) is 16.9. The fourth-order valence-corrected chi connectivity index (χ4v) is 1.92. The molecule has 20 heavy (non-hydrogen) atoms. The summed E-state index contributed by atoms with van der Waals surface area (Å²) < 4.78 is 0. The molecular weight excluding hydrogens is 244 g/mol. The molecule has 0 aromatic carbocycles. The average molecular weight is 276 g/mol. The van der Waals surface area contributed by atoms with Gasteiger partial charge in [0.2, 0.25) is 0 Å². The van der Waals surface area contributed by atoms with Gasteiger partial charge in [0.1, 0.15) is 5.78 Å². The van der Waals surface area contributed by atoms with E-state index in [1.54, 1.807) is 6.92 Å². The molecule has 0 spiro atoms. The van der Waals surface area contributed by atoms with Crippen LogP contribution in [0.5, 0.6) is 0 Å². The first-order valence-electron chi connectivity index (χ1n) is 8.21. The topological polar surface area (TPSA) is 17.1 Å². The Kier molecular flexibility index (Phi) is 15.1. The first kappa shape index (κ1) is 18.9. The molecule has 0 aliphatic carbocycles. The summed E-state index contributed by atoms with van der Waals surface area (Å²) in [6.45, 7) is 3.90. The van der Waals surface area contributed by atoms with Gasteiger partial charge in [-0.25, -0.2) is 0 Å². The Bertz CT molecular complexity index is 297. The number of hydrogen-bond donors (Lipinski definition) is 0. The van der Waals surface area contributed by atoms with Crippen LogP contribution >= 0.6 is 0 Å². The Morgan fingerprint density at radius 3 is 1.95 bits per heavy atom. The molecule has 0 atom stereocenters. The van der Waals surface area contributed by atoms with E-state index in [0.29, 0.717) is 5.78 Å². The Morgan fingerprint density at radius 2 is 1.30 bits per heavy atom. The molecule has 0 saturated carbocycles. The van der Waals surface area contributed by atoms with Crippen molar-refractivity contribution in [3.8, 4) is 0 Å². The van der Waals surface area contributed by atoms with Crippen molar-refractivity contribution in [2.75, 3.05) is 0 Å². The monoisotopic (exact) mass is 276 g/mol. The van der Waals surface area contributed by atoms with Crippen LogP contribution in [-0.4, -0.2) is 5.78 Å². The lowest BCUT2D eigenvalue weighted by Crippen LogP contribution is -1.87. The van der Waals surface area contributed by atoms with Gasteiger partial charge in [0.15, 0.2) is 0 Å². The van der Waals surface area contributed by atoms with Gasteiger partial charge in [-0.15, -0.1) is 0 Å². The molecule has 0 amide bonds. The number of allylic oxidation sites excluding steroid dienone is 6. The zero-order chi connectivity index (χ0) is 14.9. The molecule has 0 heterocycles. The van der Waals surface area contributed by atoms with E-state index in [1.807, 2.05) is 0 Å². The fourth-order valence-electron chi connectivity index (χ4n) is 1.92. The highest BCUT2D eigenvalue weighted by Gasteiger charge is 1.89. The molecule has 0 aliphatic rings. The van der Waals surface area contributed by atoms with Crippen LogP contribution in [0.3, 0.4) is 0 Å². The number of ketones is 1. The largest absolute Gasteiger partial charge is 0.300 e. The summed E-state index contributed by atoms with van der Waals surface area (Å²) in [6.07, 6.45) is 24.7. The number of Topliss-reactive ketones (excluding diaryl/α,β-unsaturated/α-hetero) is 1. The molecule has 0 N–H and O–H groups in total. The van der Waals surface area contributed by atoms with Crippen molar-refractivity contribution in [2.45, 2.75) is 78.1 Å². The summed E-state index contributed by atoms with van der Waals surface area (Å²) in [7, 11) is 0. The van der Waals surface area contributed by atoms with Gasteiger partial charge in [-0.3, -0.25) is 0 Å². The van der Waals surface area contributed by atoms with E-state index in [0.717, 1.165) is 38.5 Å². The van der Waals surface area contributed by atoms with Crippen LogP contribution in [-0.2, 0) is 4.79 Å². The third-order valence-electron chi connectivity index (χ3n) is 3.15. The van der Waals surface area contributed by atoms with Gasteiger partial charge in [0, 0.05) is 6.42 Å². The predicted octanol–water partition coefficient (Wildman–Crippen LogP) is 6.16. The van der Waals surface area contributed by atoms with Crippen molar-refractivity contribution in [1.82, 2.24) is 0 Å². The molecule has 0 rings (SSSR count). The Labute approximate surface area is 125 Å². The second-order valence-electron chi connectivity index (χ2n) is 5.32. The number of unbranched alkanes of at least 4 members (excludes halogenated alkanes) is 5. The lowest BCUT2D eigenvalue weighted by Gasteiger charge is -1.92. The van der Waals surface area contributed by atoms with Gasteiger partial charge >= 0.3 is 0 Å². The quantitative estimate of drug-likeness (QED) is 0.290. The van der Waals surface area contributed by atoms with Crippen molar-refractivity contribution in [3.05, 3.63) is 36.5 Å². The molecule has 0 aromatic rings. The van der Waals surface area contributed by atoms with Gasteiger partial charge in [-0.2, -0.15) is 0 Å². The molecular formula is C19H32O. The molecule has 0 aliphatic heterocycles. The van der Waals surface area contributed by atoms with Crippen molar-refractivity contribution < 1.29 is 4.79 Å². The van der Waals surface area contributed by atoms with Crippen LogP contribution < -0.4 is 0 Å². The van der Waals surface area contributed by atoms with Crippen LogP contribution in [0.4, 0.5) is 0 Å². The zero-order valence-electron chi connectivity index (χ0n) is 13.4. The van der Waals surface area contributed by atoms with Gasteiger partial charge < -0.3 is 4.79 Å². The maximum atomic E-state index is 10.7. The van der Waals surface area contributed by atoms with Crippen LogP contribution in [0.25, 0.3) is 0 Å². The van der Waals surface area contributed by atoms with Gasteiger partial charge in [-0.05, 0) is 51.9 Å². The first-order chi connectivity index (χ1) is 9.77. The normalized spacial score (nSPS) is 12.1. The lowest BCUT2D eigenvalue weighted by atomic mass is 10.1. The third-order valence-corrected chi connectivity index (χ3v) is 3.15. The summed E-state index contributed by atoms with van der Waals surface area (Å²) in [4.78, 5) is 10.7.